The highest BCUT2D eigenvalue weighted by atomic mass is 16.5. The average molecular weight is 404 g/mol. The van der Waals surface area contributed by atoms with Gasteiger partial charge in [0.25, 0.3) is 0 Å². The van der Waals surface area contributed by atoms with E-state index in [9.17, 15) is 14.4 Å². The lowest BCUT2D eigenvalue weighted by molar-refractivity contribution is -0.128. The van der Waals surface area contributed by atoms with Crippen LogP contribution >= 0.6 is 0 Å². The highest BCUT2D eigenvalue weighted by Crippen LogP contribution is 2.08. The minimum Gasteiger partial charge on any atom is -0.374 e. The molecule has 0 atom stereocenters. The molecule has 0 unspecified atom stereocenters. The maximum Gasteiger partial charge on any atom is 0.221 e. The standard InChI is InChI=1S/C13H26O2.C5H11NO.C4H8O.CH4/c1-3-4-5-6-7-8-9-10-11-15-12-13(2)14;1-4-5(7)6(2)3;1-3-4(2)5;/h3-12H2,1-2H3;4H2,1-3H3;3H2,1-2H3;1H4. The molecule has 0 spiro atoms. The van der Waals surface area contributed by atoms with Crippen molar-refractivity contribution >= 4 is 17.5 Å². The maximum atomic E-state index is 10.6. The molecule has 0 N–H and O–H groups in total. The molecule has 1 amide bonds. The van der Waals surface area contributed by atoms with E-state index in [1.54, 1.807) is 32.8 Å². The second-order valence-electron chi connectivity index (χ2n) is 6.93. The van der Waals surface area contributed by atoms with Crippen molar-refractivity contribution in [2.75, 3.05) is 27.3 Å². The zero-order valence-electron chi connectivity index (χ0n) is 19.1. The average Bonchev–Trinajstić information content (AvgIpc) is 2.63. The van der Waals surface area contributed by atoms with Crippen molar-refractivity contribution in [2.45, 2.75) is 106 Å². The lowest BCUT2D eigenvalue weighted by Gasteiger charge is -2.05. The summed E-state index contributed by atoms with van der Waals surface area (Å²) in [5.41, 5.74) is 0. The molecule has 0 rings (SSSR count). The van der Waals surface area contributed by atoms with Crippen LogP contribution in [0.3, 0.4) is 0 Å². The Morgan fingerprint density at radius 1 is 0.714 bits per heavy atom. The number of nitrogens with zero attached hydrogens (tertiary/aromatic N) is 1. The fourth-order valence-corrected chi connectivity index (χ4v) is 1.87. The molecule has 5 heteroatoms. The number of hydrogen-bond donors (Lipinski definition) is 0. The molecule has 0 bridgehead atoms. The van der Waals surface area contributed by atoms with Gasteiger partial charge in [-0.1, -0.05) is 73.1 Å². The molecular weight excluding hydrogens is 354 g/mol. The number of amides is 1. The molecule has 5 nitrogen and oxygen atoms in total. The van der Waals surface area contributed by atoms with Gasteiger partial charge in [0, 0.05) is 33.5 Å². The van der Waals surface area contributed by atoms with E-state index in [2.05, 4.69) is 6.92 Å². The number of Topliss-reactive ketones (excluding diaryl/α,β-unsaturated/α-hetero) is 2. The number of rotatable bonds is 13. The van der Waals surface area contributed by atoms with Crippen molar-refractivity contribution in [1.29, 1.82) is 0 Å². The van der Waals surface area contributed by atoms with Crippen molar-refractivity contribution in [3.8, 4) is 0 Å². The van der Waals surface area contributed by atoms with Gasteiger partial charge < -0.3 is 14.4 Å². The van der Waals surface area contributed by atoms with Crippen LogP contribution in [0, 0.1) is 0 Å². The third-order valence-corrected chi connectivity index (χ3v) is 3.75. The van der Waals surface area contributed by atoms with E-state index < -0.39 is 0 Å². The maximum absolute atomic E-state index is 10.6. The molecule has 28 heavy (non-hydrogen) atoms. The van der Waals surface area contributed by atoms with E-state index in [4.69, 9.17) is 4.74 Å². The molecule has 0 fully saturated rings. The number of carbonyl (C=O) groups is 3. The molecule has 0 heterocycles. The first-order valence-corrected chi connectivity index (χ1v) is 10.5. The quantitative estimate of drug-likeness (QED) is 0.362. The SMILES string of the molecule is C.CCC(=O)N(C)C.CCC(C)=O.CCCCCCCCCCOCC(C)=O. The minimum absolute atomic E-state index is 0. The Labute approximate surface area is 175 Å². The molecule has 0 aromatic heterocycles. The predicted octanol–water partition coefficient (Wildman–Crippen LogP) is 5.84. The lowest BCUT2D eigenvalue weighted by atomic mass is 10.1. The second-order valence-corrected chi connectivity index (χ2v) is 6.93. The van der Waals surface area contributed by atoms with E-state index in [1.165, 1.54) is 44.9 Å². The third kappa shape index (κ3) is 39.7. The molecule has 0 aliphatic carbocycles. The topological polar surface area (TPSA) is 63.7 Å². The molecule has 170 valence electrons. The molecule has 0 saturated heterocycles. The zero-order valence-corrected chi connectivity index (χ0v) is 19.1. The molecular formula is C23H49NO4. The third-order valence-electron chi connectivity index (χ3n) is 3.75. The Morgan fingerprint density at radius 2 is 1.14 bits per heavy atom. The summed E-state index contributed by atoms with van der Waals surface area (Å²) in [5.74, 6) is 0.555. The van der Waals surface area contributed by atoms with Crippen molar-refractivity contribution in [2.24, 2.45) is 0 Å². The van der Waals surface area contributed by atoms with Gasteiger partial charge in [-0.25, -0.2) is 0 Å². The number of hydrogen-bond acceptors (Lipinski definition) is 4. The van der Waals surface area contributed by atoms with Crippen molar-refractivity contribution in [3.63, 3.8) is 0 Å². The number of carbonyl (C=O) groups excluding carboxylic acids is 3. The molecule has 0 saturated carbocycles. The summed E-state index contributed by atoms with van der Waals surface area (Å²) in [7, 11) is 3.51. The van der Waals surface area contributed by atoms with Gasteiger partial charge in [-0.3, -0.25) is 9.59 Å². The first-order valence-electron chi connectivity index (χ1n) is 10.5. The van der Waals surface area contributed by atoms with Gasteiger partial charge in [0.15, 0.2) is 5.78 Å². The summed E-state index contributed by atoms with van der Waals surface area (Å²) in [6.07, 6.45) is 11.7. The van der Waals surface area contributed by atoms with Crippen LogP contribution in [0.4, 0.5) is 0 Å². The summed E-state index contributed by atoms with van der Waals surface area (Å²) in [6, 6.07) is 0. The summed E-state index contributed by atoms with van der Waals surface area (Å²) in [5, 5.41) is 0. The van der Waals surface area contributed by atoms with Crippen LogP contribution in [0.15, 0.2) is 0 Å². The second kappa shape index (κ2) is 28.0. The van der Waals surface area contributed by atoms with Crippen LogP contribution in [0.1, 0.15) is 106 Å². The van der Waals surface area contributed by atoms with E-state index in [1.807, 2.05) is 13.8 Å². The van der Waals surface area contributed by atoms with E-state index >= 15 is 0 Å². The van der Waals surface area contributed by atoms with E-state index in [0.717, 1.165) is 13.0 Å². The number of unbranched alkanes of at least 4 members (excludes halogenated alkanes) is 7. The smallest absolute Gasteiger partial charge is 0.221 e. The number of ether oxygens (including phenoxy) is 1. The Hall–Kier alpha value is -1.23. The Kier molecular flexibility index (Phi) is 34.3. The van der Waals surface area contributed by atoms with Gasteiger partial charge >= 0.3 is 0 Å². The van der Waals surface area contributed by atoms with Gasteiger partial charge in [-0.2, -0.15) is 0 Å². The normalized spacial score (nSPS) is 9.11. The minimum atomic E-state index is 0. The summed E-state index contributed by atoms with van der Waals surface area (Å²) < 4.78 is 5.19. The Morgan fingerprint density at radius 3 is 1.43 bits per heavy atom. The van der Waals surface area contributed by atoms with Crippen LogP contribution in [0.25, 0.3) is 0 Å². The van der Waals surface area contributed by atoms with Crippen LogP contribution in [-0.2, 0) is 19.1 Å². The van der Waals surface area contributed by atoms with Crippen LogP contribution < -0.4 is 0 Å². The molecule has 0 aromatic rings. The van der Waals surface area contributed by atoms with Gasteiger partial charge in [0.1, 0.15) is 12.4 Å². The highest BCUT2D eigenvalue weighted by molar-refractivity contribution is 5.76. The highest BCUT2D eigenvalue weighted by Gasteiger charge is 1.95. The van der Waals surface area contributed by atoms with Gasteiger partial charge in [0.2, 0.25) is 5.91 Å². The van der Waals surface area contributed by atoms with Crippen LogP contribution in [-0.4, -0.2) is 49.7 Å². The van der Waals surface area contributed by atoms with E-state index in [0.29, 0.717) is 12.8 Å². The van der Waals surface area contributed by atoms with Gasteiger partial charge in [-0.15, -0.1) is 0 Å². The Bertz CT molecular complexity index is 355. The zero-order chi connectivity index (χ0) is 21.5. The van der Waals surface area contributed by atoms with Crippen molar-refractivity contribution < 1.29 is 19.1 Å². The van der Waals surface area contributed by atoms with Crippen molar-refractivity contribution in [1.82, 2.24) is 4.90 Å². The molecule has 0 radical (unpaired) electrons. The lowest BCUT2D eigenvalue weighted by Crippen LogP contribution is -2.19. The fraction of sp³-hybridized carbons (Fsp3) is 0.870. The monoisotopic (exact) mass is 403 g/mol. The number of ketones is 2. The first kappa shape index (κ1) is 34.3. The van der Waals surface area contributed by atoms with E-state index in [-0.39, 0.29) is 31.5 Å². The Balaban J connectivity index is -0.000000184. The van der Waals surface area contributed by atoms with Gasteiger partial charge in [0.05, 0.1) is 0 Å². The van der Waals surface area contributed by atoms with Crippen LogP contribution in [0.5, 0.6) is 0 Å². The summed E-state index contributed by atoms with van der Waals surface area (Å²) in [6.45, 7) is 10.1. The first-order chi connectivity index (χ1) is 12.7. The summed E-state index contributed by atoms with van der Waals surface area (Å²) in [4.78, 5) is 32.4. The fourth-order valence-electron chi connectivity index (χ4n) is 1.87. The molecule has 0 aliphatic rings. The largest absolute Gasteiger partial charge is 0.374 e. The molecule has 0 aliphatic heterocycles. The van der Waals surface area contributed by atoms with Crippen LogP contribution in [0.2, 0.25) is 0 Å². The summed E-state index contributed by atoms with van der Waals surface area (Å²) >= 11 is 0. The van der Waals surface area contributed by atoms with Gasteiger partial charge in [-0.05, 0) is 20.3 Å². The molecule has 0 aromatic carbocycles. The predicted molar refractivity (Wildman–Crippen MR) is 121 cm³/mol. The van der Waals surface area contributed by atoms with Crippen molar-refractivity contribution in [3.05, 3.63) is 0 Å².